The van der Waals surface area contributed by atoms with Crippen molar-refractivity contribution in [3.63, 3.8) is 0 Å². The van der Waals surface area contributed by atoms with Crippen molar-refractivity contribution in [3.8, 4) is 17.6 Å². The number of benzene rings is 1. The maximum Gasteiger partial charge on any atom is 0.261 e. The number of rotatable bonds is 7. The van der Waals surface area contributed by atoms with E-state index in [0.717, 1.165) is 18.6 Å². The molecule has 0 radical (unpaired) electrons. The van der Waals surface area contributed by atoms with Crippen molar-refractivity contribution in [3.05, 3.63) is 47.9 Å². The Kier molecular flexibility index (Phi) is 4.94. The number of ether oxygens (including phenoxy) is 2. The van der Waals surface area contributed by atoms with Crippen LogP contribution in [0.2, 0.25) is 0 Å². The molecule has 0 aliphatic heterocycles. The van der Waals surface area contributed by atoms with Crippen molar-refractivity contribution in [1.82, 2.24) is 4.90 Å². The van der Waals surface area contributed by atoms with E-state index in [1.165, 1.54) is 7.11 Å². The third-order valence-corrected chi connectivity index (χ3v) is 4.24. The molecule has 1 aromatic carbocycles. The maximum absolute atomic E-state index is 12.7. The molecule has 6 nitrogen and oxygen atoms in total. The van der Waals surface area contributed by atoms with E-state index in [4.69, 9.17) is 19.2 Å². The Hall–Kier alpha value is -2.94. The molecule has 25 heavy (non-hydrogen) atoms. The highest BCUT2D eigenvalue weighted by Gasteiger charge is 2.37. The molecule has 2 aromatic rings. The first kappa shape index (κ1) is 16.9. The first-order valence-corrected chi connectivity index (χ1v) is 8.19. The number of carbonyl (C=O) groups is 1. The fourth-order valence-corrected chi connectivity index (χ4v) is 2.83. The van der Waals surface area contributed by atoms with Gasteiger partial charge in [-0.3, -0.25) is 4.79 Å². The lowest BCUT2D eigenvalue weighted by atomic mass is 10.2. The number of hydrogen-bond donors (Lipinski definition) is 0. The number of nitrogens with zero attached hydrogens (tertiary/aromatic N) is 2. The van der Waals surface area contributed by atoms with Gasteiger partial charge in [-0.2, -0.15) is 5.26 Å². The van der Waals surface area contributed by atoms with Gasteiger partial charge in [0, 0.05) is 12.1 Å². The van der Waals surface area contributed by atoms with Crippen LogP contribution in [-0.4, -0.2) is 30.6 Å². The van der Waals surface area contributed by atoms with Gasteiger partial charge in [-0.1, -0.05) is 0 Å². The zero-order valence-corrected chi connectivity index (χ0v) is 14.3. The summed E-state index contributed by atoms with van der Waals surface area (Å²) in [5, 5.41) is 8.94. The van der Waals surface area contributed by atoms with Crippen LogP contribution in [-0.2, 0) is 4.79 Å². The van der Waals surface area contributed by atoms with Crippen LogP contribution in [0.1, 0.15) is 37.1 Å². The average molecular weight is 340 g/mol. The van der Waals surface area contributed by atoms with Crippen LogP contribution < -0.4 is 9.47 Å². The Bertz CT molecular complexity index is 775. The number of furan rings is 1. The van der Waals surface area contributed by atoms with Crippen LogP contribution in [0.3, 0.4) is 0 Å². The van der Waals surface area contributed by atoms with E-state index in [1.807, 2.05) is 30.0 Å². The first-order valence-electron chi connectivity index (χ1n) is 8.19. The summed E-state index contributed by atoms with van der Waals surface area (Å²) in [4.78, 5) is 14.6. The molecule has 1 atom stereocenters. The minimum atomic E-state index is -0.138. The molecule has 0 unspecified atom stereocenters. The van der Waals surface area contributed by atoms with E-state index in [2.05, 4.69) is 0 Å². The predicted octanol–water partition coefficient (Wildman–Crippen LogP) is 3.29. The summed E-state index contributed by atoms with van der Waals surface area (Å²) in [7, 11) is 1.50. The molecule has 1 aliphatic rings. The fraction of sp³-hybridized carbons (Fsp3) is 0.368. The van der Waals surface area contributed by atoms with Gasteiger partial charge in [-0.05, 0) is 44.0 Å². The number of nitriles is 1. The van der Waals surface area contributed by atoms with E-state index in [0.29, 0.717) is 17.1 Å². The van der Waals surface area contributed by atoms with Crippen molar-refractivity contribution in [2.75, 3.05) is 13.7 Å². The lowest BCUT2D eigenvalue weighted by molar-refractivity contribution is -0.136. The molecule has 0 N–H and O–H groups in total. The normalized spacial score (nSPS) is 14.4. The molecule has 0 saturated heterocycles. The zero-order valence-electron chi connectivity index (χ0n) is 14.3. The smallest absolute Gasteiger partial charge is 0.261 e. The molecule has 1 fully saturated rings. The molecule has 1 saturated carbocycles. The van der Waals surface area contributed by atoms with Gasteiger partial charge in [-0.25, -0.2) is 0 Å². The van der Waals surface area contributed by atoms with E-state index in [-0.39, 0.29) is 24.6 Å². The molecular weight excluding hydrogens is 320 g/mol. The van der Waals surface area contributed by atoms with E-state index in [9.17, 15) is 4.79 Å². The Morgan fingerprint density at radius 1 is 1.40 bits per heavy atom. The van der Waals surface area contributed by atoms with Gasteiger partial charge >= 0.3 is 0 Å². The second-order valence-corrected chi connectivity index (χ2v) is 5.99. The molecular formula is C19H20N2O4. The SMILES string of the molecule is COc1cc(C#N)ccc1OCC(=O)N(C1CC1)[C@@H](C)c1ccco1. The average Bonchev–Trinajstić information content (AvgIpc) is 3.31. The standard InChI is InChI=1S/C19H20N2O4/c1-13(16-4-3-9-24-16)21(15-6-7-15)19(22)12-25-17-8-5-14(11-20)10-18(17)23-2/h3-5,8-10,13,15H,6-7,12H2,1-2H3/t13-/m0/s1. The summed E-state index contributed by atoms with van der Waals surface area (Å²) >= 11 is 0. The molecule has 1 aliphatic carbocycles. The highest BCUT2D eigenvalue weighted by molar-refractivity contribution is 5.79. The molecule has 0 spiro atoms. The van der Waals surface area contributed by atoms with Crippen LogP contribution in [0.25, 0.3) is 0 Å². The van der Waals surface area contributed by atoms with Crippen molar-refractivity contribution in [1.29, 1.82) is 5.26 Å². The third-order valence-electron chi connectivity index (χ3n) is 4.24. The summed E-state index contributed by atoms with van der Waals surface area (Å²) in [5.41, 5.74) is 0.474. The summed E-state index contributed by atoms with van der Waals surface area (Å²) in [5.74, 6) is 1.54. The summed E-state index contributed by atoms with van der Waals surface area (Å²) in [6, 6.07) is 10.7. The van der Waals surface area contributed by atoms with Crippen LogP contribution in [0.4, 0.5) is 0 Å². The Morgan fingerprint density at radius 2 is 2.20 bits per heavy atom. The number of hydrogen-bond acceptors (Lipinski definition) is 5. The molecule has 6 heteroatoms. The summed E-state index contributed by atoms with van der Waals surface area (Å²) in [6.45, 7) is 1.86. The molecule has 1 aromatic heterocycles. The summed E-state index contributed by atoms with van der Waals surface area (Å²) < 4.78 is 16.3. The largest absolute Gasteiger partial charge is 0.493 e. The number of amides is 1. The quantitative estimate of drug-likeness (QED) is 0.773. The lowest BCUT2D eigenvalue weighted by Crippen LogP contribution is -2.38. The third kappa shape index (κ3) is 3.77. The van der Waals surface area contributed by atoms with Crippen molar-refractivity contribution < 1.29 is 18.7 Å². The molecule has 1 amide bonds. The topological polar surface area (TPSA) is 75.7 Å². The minimum Gasteiger partial charge on any atom is -0.493 e. The predicted molar refractivity (Wildman–Crippen MR) is 90.2 cm³/mol. The highest BCUT2D eigenvalue weighted by atomic mass is 16.5. The zero-order chi connectivity index (χ0) is 17.8. The van der Waals surface area contributed by atoms with Crippen LogP contribution in [0, 0.1) is 11.3 Å². The molecule has 3 rings (SSSR count). The van der Waals surface area contributed by atoms with Gasteiger partial charge in [0.25, 0.3) is 5.91 Å². The van der Waals surface area contributed by atoms with Gasteiger partial charge in [-0.15, -0.1) is 0 Å². The fourth-order valence-electron chi connectivity index (χ4n) is 2.83. The Balaban J connectivity index is 1.69. The highest BCUT2D eigenvalue weighted by Crippen LogP contribution is 2.35. The number of methoxy groups -OCH3 is 1. The first-order chi connectivity index (χ1) is 12.1. The second-order valence-electron chi connectivity index (χ2n) is 5.99. The lowest BCUT2D eigenvalue weighted by Gasteiger charge is -2.28. The van der Waals surface area contributed by atoms with E-state index < -0.39 is 0 Å². The van der Waals surface area contributed by atoms with Crippen LogP contribution >= 0.6 is 0 Å². The van der Waals surface area contributed by atoms with Gasteiger partial charge < -0.3 is 18.8 Å². The van der Waals surface area contributed by atoms with Crippen molar-refractivity contribution >= 4 is 5.91 Å². The van der Waals surface area contributed by atoms with Gasteiger partial charge in [0.2, 0.25) is 0 Å². The molecule has 1 heterocycles. The number of carbonyl (C=O) groups excluding carboxylic acids is 1. The molecule has 0 bridgehead atoms. The van der Waals surface area contributed by atoms with Gasteiger partial charge in [0.15, 0.2) is 18.1 Å². The van der Waals surface area contributed by atoms with Crippen molar-refractivity contribution in [2.24, 2.45) is 0 Å². The Labute approximate surface area is 146 Å². The van der Waals surface area contributed by atoms with Gasteiger partial charge in [0.05, 0.1) is 31.0 Å². The van der Waals surface area contributed by atoms with E-state index in [1.54, 1.807) is 24.5 Å². The van der Waals surface area contributed by atoms with Crippen LogP contribution in [0.5, 0.6) is 11.5 Å². The second kappa shape index (κ2) is 7.31. The van der Waals surface area contributed by atoms with Crippen molar-refractivity contribution in [2.45, 2.75) is 31.8 Å². The maximum atomic E-state index is 12.7. The van der Waals surface area contributed by atoms with Crippen LogP contribution in [0.15, 0.2) is 41.0 Å². The summed E-state index contributed by atoms with van der Waals surface area (Å²) in [6.07, 6.45) is 3.60. The van der Waals surface area contributed by atoms with Gasteiger partial charge in [0.1, 0.15) is 5.76 Å². The monoisotopic (exact) mass is 340 g/mol. The molecule has 130 valence electrons. The Morgan fingerprint density at radius 3 is 2.80 bits per heavy atom. The minimum absolute atomic E-state index is 0.0934. The van der Waals surface area contributed by atoms with E-state index >= 15 is 0 Å².